The zero-order valence-corrected chi connectivity index (χ0v) is 11.6. The van der Waals surface area contributed by atoms with Crippen LogP contribution in [0.5, 0.6) is 0 Å². The molecule has 6 heteroatoms. The van der Waals surface area contributed by atoms with Crippen molar-refractivity contribution in [2.75, 3.05) is 6.61 Å². The summed E-state index contributed by atoms with van der Waals surface area (Å²) in [6.45, 7) is 3.84. The molecular weight excluding hydrogens is 264 g/mol. The van der Waals surface area contributed by atoms with Crippen LogP contribution < -0.4 is 5.32 Å². The first-order valence-corrected chi connectivity index (χ1v) is 6.84. The fraction of sp³-hybridized carbons (Fsp3) is 0.385. The lowest BCUT2D eigenvalue weighted by atomic mass is 10.2. The maximum atomic E-state index is 12.1. The number of hydrogen-bond donors (Lipinski definition) is 2. The molecule has 0 aromatic carbocycles. The maximum absolute atomic E-state index is 12.1. The van der Waals surface area contributed by atoms with Gasteiger partial charge in [0.2, 0.25) is 0 Å². The molecule has 1 unspecified atom stereocenters. The van der Waals surface area contributed by atoms with Crippen molar-refractivity contribution in [3.05, 3.63) is 40.2 Å². The van der Waals surface area contributed by atoms with E-state index < -0.39 is 6.04 Å². The quantitative estimate of drug-likeness (QED) is 0.881. The Morgan fingerprint density at radius 1 is 1.58 bits per heavy atom. The molecule has 102 valence electrons. The molecule has 2 rings (SSSR count). The molecule has 0 fully saturated rings. The first kappa shape index (κ1) is 13.8. The van der Waals surface area contributed by atoms with Crippen molar-refractivity contribution in [2.24, 2.45) is 0 Å². The van der Waals surface area contributed by atoms with Gasteiger partial charge in [0.05, 0.1) is 24.1 Å². The predicted octanol–water partition coefficient (Wildman–Crippen LogP) is 2.32. The molecule has 0 radical (unpaired) electrons. The van der Waals surface area contributed by atoms with Crippen LogP contribution in [0, 0.1) is 0 Å². The van der Waals surface area contributed by atoms with Gasteiger partial charge in [-0.05, 0) is 12.1 Å². The molecule has 2 aromatic rings. The Hall–Kier alpha value is -1.66. The summed E-state index contributed by atoms with van der Waals surface area (Å²) in [5, 5.41) is 12.9. The third-order valence-corrected chi connectivity index (χ3v) is 3.91. The van der Waals surface area contributed by atoms with Gasteiger partial charge in [-0.15, -0.1) is 11.3 Å². The van der Waals surface area contributed by atoms with Crippen LogP contribution in [0.15, 0.2) is 29.0 Å². The van der Waals surface area contributed by atoms with E-state index in [4.69, 9.17) is 4.42 Å². The van der Waals surface area contributed by atoms with Crippen LogP contribution in [0.4, 0.5) is 0 Å². The molecule has 2 heterocycles. The monoisotopic (exact) mass is 280 g/mol. The molecule has 0 saturated heterocycles. The largest absolute Gasteiger partial charge is 0.467 e. The highest BCUT2D eigenvalue weighted by atomic mass is 32.1. The first-order valence-electron chi connectivity index (χ1n) is 6.02. The van der Waals surface area contributed by atoms with Crippen LogP contribution >= 0.6 is 11.3 Å². The molecule has 0 aliphatic rings. The second kappa shape index (κ2) is 5.99. The van der Waals surface area contributed by atoms with Gasteiger partial charge in [0, 0.05) is 5.92 Å². The number of thiazole rings is 1. The number of furan rings is 1. The van der Waals surface area contributed by atoms with Crippen molar-refractivity contribution in [1.29, 1.82) is 0 Å². The summed E-state index contributed by atoms with van der Waals surface area (Å²) in [5.41, 5.74) is 0. The minimum absolute atomic E-state index is 0.213. The van der Waals surface area contributed by atoms with Gasteiger partial charge in [0.25, 0.3) is 5.91 Å². The summed E-state index contributed by atoms with van der Waals surface area (Å²) in [5.74, 6) is 0.578. The Bertz CT molecular complexity index is 534. The van der Waals surface area contributed by atoms with E-state index in [1.807, 2.05) is 13.8 Å². The fourth-order valence-electron chi connectivity index (χ4n) is 1.59. The summed E-state index contributed by atoms with van der Waals surface area (Å²) in [6.07, 6.45) is 3.07. The number of aliphatic hydroxyl groups excluding tert-OH is 1. The van der Waals surface area contributed by atoms with E-state index in [0.29, 0.717) is 16.6 Å². The van der Waals surface area contributed by atoms with E-state index in [9.17, 15) is 9.90 Å². The number of aliphatic hydroxyl groups is 1. The van der Waals surface area contributed by atoms with E-state index in [1.54, 1.807) is 18.3 Å². The van der Waals surface area contributed by atoms with Gasteiger partial charge >= 0.3 is 0 Å². The second-order valence-electron chi connectivity index (χ2n) is 4.44. The third kappa shape index (κ3) is 3.21. The first-order chi connectivity index (χ1) is 9.11. The lowest BCUT2D eigenvalue weighted by molar-refractivity contribution is 0.0911. The van der Waals surface area contributed by atoms with Gasteiger partial charge in [-0.3, -0.25) is 4.79 Å². The Labute approximate surface area is 115 Å². The number of nitrogens with zero attached hydrogens (tertiary/aromatic N) is 1. The van der Waals surface area contributed by atoms with Crippen LogP contribution in [-0.2, 0) is 0 Å². The van der Waals surface area contributed by atoms with Crippen molar-refractivity contribution in [3.63, 3.8) is 0 Å². The van der Waals surface area contributed by atoms with Crippen LogP contribution in [0.2, 0.25) is 0 Å². The molecule has 5 nitrogen and oxygen atoms in total. The summed E-state index contributed by atoms with van der Waals surface area (Å²) >= 11 is 1.36. The van der Waals surface area contributed by atoms with E-state index in [0.717, 1.165) is 5.01 Å². The molecule has 0 spiro atoms. The summed E-state index contributed by atoms with van der Waals surface area (Å²) in [7, 11) is 0. The van der Waals surface area contributed by atoms with Crippen LogP contribution in [0.3, 0.4) is 0 Å². The molecule has 0 aliphatic carbocycles. The Kier molecular flexibility index (Phi) is 4.34. The molecule has 2 aromatic heterocycles. The summed E-state index contributed by atoms with van der Waals surface area (Å²) < 4.78 is 5.18. The summed E-state index contributed by atoms with van der Waals surface area (Å²) in [6, 6.07) is 2.90. The SMILES string of the molecule is CC(C)c1ncc(C(=O)NC(CO)c2ccco2)s1. The van der Waals surface area contributed by atoms with Gasteiger partial charge in [-0.2, -0.15) is 0 Å². The maximum Gasteiger partial charge on any atom is 0.263 e. The number of nitrogens with one attached hydrogen (secondary N) is 1. The molecule has 19 heavy (non-hydrogen) atoms. The standard InChI is InChI=1S/C13H16N2O3S/c1-8(2)13-14-6-11(19-13)12(17)15-9(7-16)10-4-3-5-18-10/h3-6,8-9,16H,7H2,1-2H3,(H,15,17). The topological polar surface area (TPSA) is 75.4 Å². The lowest BCUT2D eigenvalue weighted by Crippen LogP contribution is -2.29. The zero-order valence-electron chi connectivity index (χ0n) is 10.8. The fourth-order valence-corrected chi connectivity index (χ4v) is 2.41. The molecule has 1 atom stereocenters. The van der Waals surface area contributed by atoms with Crippen LogP contribution in [-0.4, -0.2) is 22.6 Å². The van der Waals surface area contributed by atoms with Gasteiger partial charge in [-0.1, -0.05) is 13.8 Å². The molecule has 0 bridgehead atoms. The second-order valence-corrected chi connectivity index (χ2v) is 5.50. The highest BCUT2D eigenvalue weighted by Crippen LogP contribution is 2.22. The Morgan fingerprint density at radius 3 is 2.89 bits per heavy atom. The minimum atomic E-state index is -0.535. The normalized spacial score (nSPS) is 12.6. The van der Waals surface area contributed by atoms with Crippen molar-refractivity contribution in [2.45, 2.75) is 25.8 Å². The highest BCUT2D eigenvalue weighted by molar-refractivity contribution is 7.13. The number of amides is 1. The van der Waals surface area contributed by atoms with Crippen molar-refractivity contribution in [3.8, 4) is 0 Å². The Morgan fingerprint density at radius 2 is 2.37 bits per heavy atom. The van der Waals surface area contributed by atoms with Gasteiger partial charge < -0.3 is 14.8 Å². The predicted molar refractivity (Wildman–Crippen MR) is 72.2 cm³/mol. The number of rotatable bonds is 5. The van der Waals surface area contributed by atoms with Gasteiger partial charge in [0.15, 0.2) is 0 Å². The minimum Gasteiger partial charge on any atom is -0.467 e. The van der Waals surface area contributed by atoms with Crippen molar-refractivity contribution >= 4 is 17.2 Å². The van der Waals surface area contributed by atoms with E-state index >= 15 is 0 Å². The molecule has 2 N–H and O–H groups in total. The summed E-state index contributed by atoms with van der Waals surface area (Å²) in [4.78, 5) is 16.8. The smallest absolute Gasteiger partial charge is 0.263 e. The zero-order chi connectivity index (χ0) is 13.8. The molecule has 0 aliphatic heterocycles. The average molecular weight is 280 g/mol. The number of carbonyl (C=O) groups is 1. The molecule has 1 amide bonds. The number of aromatic nitrogens is 1. The average Bonchev–Trinajstić information content (AvgIpc) is 3.05. The number of carbonyl (C=O) groups excluding carboxylic acids is 1. The lowest BCUT2D eigenvalue weighted by Gasteiger charge is -2.12. The van der Waals surface area contributed by atoms with E-state index in [1.165, 1.54) is 17.6 Å². The van der Waals surface area contributed by atoms with E-state index in [-0.39, 0.29) is 12.5 Å². The highest BCUT2D eigenvalue weighted by Gasteiger charge is 2.19. The van der Waals surface area contributed by atoms with Crippen molar-refractivity contribution in [1.82, 2.24) is 10.3 Å². The Balaban J connectivity index is 2.07. The molecular formula is C13H16N2O3S. The van der Waals surface area contributed by atoms with Crippen LogP contribution in [0.25, 0.3) is 0 Å². The molecule has 0 saturated carbocycles. The number of hydrogen-bond acceptors (Lipinski definition) is 5. The van der Waals surface area contributed by atoms with E-state index in [2.05, 4.69) is 10.3 Å². The van der Waals surface area contributed by atoms with Gasteiger partial charge in [-0.25, -0.2) is 4.98 Å². The van der Waals surface area contributed by atoms with Crippen LogP contribution in [0.1, 0.15) is 46.2 Å². The van der Waals surface area contributed by atoms with Crippen molar-refractivity contribution < 1.29 is 14.3 Å². The van der Waals surface area contributed by atoms with Gasteiger partial charge in [0.1, 0.15) is 16.7 Å². The third-order valence-electron chi connectivity index (χ3n) is 2.62.